The molecule has 3 nitrogen and oxygen atoms in total. The Morgan fingerprint density at radius 3 is 2.59 bits per heavy atom. The van der Waals surface area contributed by atoms with Crippen molar-refractivity contribution in [2.45, 2.75) is 51.0 Å². The van der Waals surface area contributed by atoms with Crippen molar-refractivity contribution in [2.75, 3.05) is 27.2 Å². The van der Waals surface area contributed by atoms with Crippen molar-refractivity contribution < 1.29 is 0 Å². The monoisotopic (exact) mass is 237 g/mol. The third kappa shape index (κ3) is 5.06. The molecule has 0 bridgehead atoms. The Morgan fingerprint density at radius 2 is 2.12 bits per heavy atom. The van der Waals surface area contributed by atoms with E-state index in [0.29, 0.717) is 0 Å². The van der Waals surface area contributed by atoms with Crippen molar-refractivity contribution in [1.29, 1.82) is 5.26 Å². The average Bonchev–Trinajstić information content (AvgIpc) is 2.29. The summed E-state index contributed by atoms with van der Waals surface area (Å²) in [6.07, 6.45) is 7.55. The van der Waals surface area contributed by atoms with Gasteiger partial charge in [0.1, 0.15) is 5.54 Å². The molecule has 3 heteroatoms. The molecule has 1 fully saturated rings. The lowest BCUT2D eigenvalue weighted by molar-refractivity contribution is 0.202. The van der Waals surface area contributed by atoms with Crippen molar-refractivity contribution >= 4 is 0 Å². The van der Waals surface area contributed by atoms with Gasteiger partial charge in [0.05, 0.1) is 6.07 Å². The summed E-state index contributed by atoms with van der Waals surface area (Å²) in [5.41, 5.74) is -0.341. The van der Waals surface area contributed by atoms with Crippen molar-refractivity contribution in [3.05, 3.63) is 0 Å². The Hall–Kier alpha value is -0.590. The van der Waals surface area contributed by atoms with Gasteiger partial charge < -0.3 is 10.2 Å². The number of nitriles is 1. The molecule has 0 radical (unpaired) electrons. The zero-order valence-corrected chi connectivity index (χ0v) is 11.6. The van der Waals surface area contributed by atoms with Crippen LogP contribution in [0.25, 0.3) is 0 Å². The molecule has 0 saturated heterocycles. The standard InChI is InChI=1S/C14H27N3/c1-14(12-15,16-2)9-4-5-10-17(3)11-13-7-6-8-13/h13,16H,4-11H2,1-3H3. The predicted octanol–water partition coefficient (Wildman–Crippen LogP) is 2.39. The maximum Gasteiger partial charge on any atom is 0.103 e. The molecule has 0 heterocycles. The molecule has 1 atom stereocenters. The third-order valence-corrected chi connectivity index (χ3v) is 4.06. The van der Waals surface area contributed by atoms with Crippen LogP contribution in [0.3, 0.4) is 0 Å². The fourth-order valence-electron chi connectivity index (χ4n) is 2.30. The van der Waals surface area contributed by atoms with E-state index in [1.165, 1.54) is 38.8 Å². The van der Waals surface area contributed by atoms with Crippen molar-refractivity contribution in [3.63, 3.8) is 0 Å². The molecule has 1 aliphatic carbocycles. The largest absolute Gasteiger partial charge is 0.306 e. The molecule has 0 spiro atoms. The Balaban J connectivity index is 2.04. The highest BCUT2D eigenvalue weighted by Crippen LogP contribution is 2.26. The van der Waals surface area contributed by atoms with Gasteiger partial charge in [-0.05, 0) is 65.6 Å². The Morgan fingerprint density at radius 1 is 1.41 bits per heavy atom. The number of hydrogen-bond donors (Lipinski definition) is 1. The zero-order valence-electron chi connectivity index (χ0n) is 11.6. The number of rotatable bonds is 8. The summed E-state index contributed by atoms with van der Waals surface area (Å²) >= 11 is 0. The van der Waals surface area contributed by atoms with E-state index in [4.69, 9.17) is 5.26 Å². The van der Waals surface area contributed by atoms with Crippen LogP contribution in [0.5, 0.6) is 0 Å². The van der Waals surface area contributed by atoms with E-state index in [0.717, 1.165) is 18.8 Å². The van der Waals surface area contributed by atoms with Crippen molar-refractivity contribution in [1.82, 2.24) is 10.2 Å². The first-order valence-corrected chi connectivity index (χ1v) is 6.88. The van der Waals surface area contributed by atoms with Gasteiger partial charge in [-0.2, -0.15) is 5.26 Å². The van der Waals surface area contributed by atoms with Gasteiger partial charge in [0, 0.05) is 6.54 Å². The van der Waals surface area contributed by atoms with Gasteiger partial charge in [-0.3, -0.25) is 0 Å². The molecule has 0 aromatic heterocycles. The van der Waals surface area contributed by atoms with Gasteiger partial charge >= 0.3 is 0 Å². The fraction of sp³-hybridized carbons (Fsp3) is 0.929. The molecular weight excluding hydrogens is 210 g/mol. The minimum absolute atomic E-state index is 0.341. The summed E-state index contributed by atoms with van der Waals surface area (Å²) in [6, 6.07) is 2.34. The van der Waals surface area contributed by atoms with Crippen LogP contribution in [0, 0.1) is 17.2 Å². The van der Waals surface area contributed by atoms with E-state index in [1.807, 2.05) is 14.0 Å². The molecular formula is C14H27N3. The van der Waals surface area contributed by atoms with Gasteiger partial charge in [-0.25, -0.2) is 0 Å². The number of nitrogens with zero attached hydrogens (tertiary/aromatic N) is 2. The van der Waals surface area contributed by atoms with Crippen LogP contribution in [0.4, 0.5) is 0 Å². The van der Waals surface area contributed by atoms with E-state index < -0.39 is 0 Å². The molecule has 0 aromatic carbocycles. The van der Waals surface area contributed by atoms with Crippen LogP contribution in [-0.2, 0) is 0 Å². The van der Waals surface area contributed by atoms with Crippen molar-refractivity contribution in [3.8, 4) is 6.07 Å². The topological polar surface area (TPSA) is 39.1 Å². The van der Waals surface area contributed by atoms with Crippen LogP contribution in [0.2, 0.25) is 0 Å². The second-order valence-electron chi connectivity index (χ2n) is 5.71. The quantitative estimate of drug-likeness (QED) is 0.659. The van der Waals surface area contributed by atoms with Crippen LogP contribution >= 0.6 is 0 Å². The SMILES string of the molecule is CNC(C)(C#N)CCCCN(C)CC1CCC1. The summed E-state index contributed by atoms with van der Waals surface area (Å²) in [4.78, 5) is 2.45. The number of nitrogens with one attached hydrogen (secondary N) is 1. The van der Waals surface area contributed by atoms with Gasteiger partial charge in [0.2, 0.25) is 0 Å². The molecule has 1 saturated carbocycles. The third-order valence-electron chi connectivity index (χ3n) is 4.06. The van der Waals surface area contributed by atoms with E-state index in [-0.39, 0.29) is 5.54 Å². The molecule has 1 unspecified atom stereocenters. The number of unbranched alkanes of at least 4 members (excludes halogenated alkanes) is 1. The maximum absolute atomic E-state index is 9.03. The highest BCUT2D eigenvalue weighted by molar-refractivity contribution is 5.02. The zero-order chi connectivity index (χ0) is 12.7. The van der Waals surface area contributed by atoms with Gasteiger partial charge in [0.15, 0.2) is 0 Å². The second kappa shape index (κ2) is 6.98. The second-order valence-corrected chi connectivity index (χ2v) is 5.71. The van der Waals surface area contributed by atoms with Gasteiger partial charge in [0.25, 0.3) is 0 Å². The maximum atomic E-state index is 9.03. The summed E-state index contributed by atoms with van der Waals surface area (Å²) in [7, 11) is 4.09. The predicted molar refractivity (Wildman–Crippen MR) is 71.8 cm³/mol. The Kier molecular flexibility index (Phi) is 5.94. The van der Waals surface area contributed by atoms with Crippen LogP contribution in [-0.4, -0.2) is 37.6 Å². The van der Waals surface area contributed by atoms with Crippen LogP contribution in [0.1, 0.15) is 45.4 Å². The fourth-order valence-corrected chi connectivity index (χ4v) is 2.30. The highest BCUT2D eigenvalue weighted by atomic mass is 15.1. The van der Waals surface area contributed by atoms with E-state index >= 15 is 0 Å². The Bertz CT molecular complexity index is 255. The van der Waals surface area contributed by atoms with Crippen LogP contribution in [0.15, 0.2) is 0 Å². The normalized spacial score (nSPS) is 19.7. The molecule has 0 aliphatic heterocycles. The molecule has 0 amide bonds. The Labute approximate surface area is 106 Å². The lowest BCUT2D eigenvalue weighted by Gasteiger charge is -2.30. The molecule has 1 aliphatic rings. The highest BCUT2D eigenvalue weighted by Gasteiger charge is 2.21. The van der Waals surface area contributed by atoms with Gasteiger partial charge in [-0.15, -0.1) is 0 Å². The number of hydrogen-bond acceptors (Lipinski definition) is 3. The van der Waals surface area contributed by atoms with Crippen LogP contribution < -0.4 is 5.32 Å². The summed E-state index contributed by atoms with van der Waals surface area (Å²) in [5, 5.41) is 12.1. The van der Waals surface area contributed by atoms with E-state index in [1.54, 1.807) is 0 Å². The van der Waals surface area contributed by atoms with E-state index in [2.05, 4.69) is 23.3 Å². The lowest BCUT2D eigenvalue weighted by atomic mass is 9.85. The summed E-state index contributed by atoms with van der Waals surface area (Å²) < 4.78 is 0. The molecule has 17 heavy (non-hydrogen) atoms. The minimum atomic E-state index is -0.341. The average molecular weight is 237 g/mol. The first-order chi connectivity index (χ1) is 8.09. The smallest absolute Gasteiger partial charge is 0.103 e. The molecule has 98 valence electrons. The van der Waals surface area contributed by atoms with Gasteiger partial charge in [-0.1, -0.05) is 6.42 Å². The first kappa shape index (κ1) is 14.5. The minimum Gasteiger partial charge on any atom is -0.306 e. The lowest BCUT2D eigenvalue weighted by Crippen LogP contribution is -2.38. The summed E-state index contributed by atoms with van der Waals surface area (Å²) in [5.74, 6) is 0.960. The molecule has 1 N–H and O–H groups in total. The van der Waals surface area contributed by atoms with E-state index in [9.17, 15) is 0 Å². The van der Waals surface area contributed by atoms with Crippen molar-refractivity contribution in [2.24, 2.45) is 5.92 Å². The molecule has 0 aromatic rings. The molecule has 1 rings (SSSR count). The first-order valence-electron chi connectivity index (χ1n) is 6.88. The summed E-state index contributed by atoms with van der Waals surface area (Å²) in [6.45, 7) is 4.41.